The number of nitrogens with one attached hydrogen (secondary N) is 1. The summed E-state index contributed by atoms with van der Waals surface area (Å²) in [7, 11) is 0. The van der Waals surface area contributed by atoms with Crippen molar-refractivity contribution in [3.05, 3.63) is 59.4 Å². The van der Waals surface area contributed by atoms with E-state index >= 15 is 0 Å². The highest BCUT2D eigenvalue weighted by Gasteiger charge is 2.43. The lowest BCUT2D eigenvalue weighted by atomic mass is 9.89. The predicted molar refractivity (Wildman–Crippen MR) is 90.2 cm³/mol. The summed E-state index contributed by atoms with van der Waals surface area (Å²) < 4.78 is 24.3. The fourth-order valence-electron chi connectivity index (χ4n) is 2.80. The molecule has 1 atom stereocenters. The maximum atomic E-state index is 13.5. The number of fused-ring (bicyclic) bond motifs is 1. The van der Waals surface area contributed by atoms with Crippen LogP contribution in [0, 0.1) is 5.82 Å². The van der Waals surface area contributed by atoms with E-state index in [1.165, 1.54) is 25.1 Å². The fourth-order valence-corrected chi connectivity index (χ4v) is 2.80. The summed E-state index contributed by atoms with van der Waals surface area (Å²) in [5.41, 5.74) is -0.220. The number of carbonyl (C=O) groups is 2. The second-order valence-electron chi connectivity index (χ2n) is 5.98. The number of esters is 1. The monoisotopic (exact) mass is 343 g/mol. The number of rotatable bonds is 4. The Balaban J connectivity index is 1.86. The number of benzene rings is 2. The molecule has 1 heterocycles. The van der Waals surface area contributed by atoms with Crippen molar-refractivity contribution >= 4 is 17.6 Å². The number of amides is 1. The second-order valence-corrected chi connectivity index (χ2v) is 5.98. The first kappa shape index (κ1) is 17.0. The molecule has 0 fully saturated rings. The molecule has 130 valence electrons. The zero-order valence-electron chi connectivity index (χ0n) is 14.0. The van der Waals surface area contributed by atoms with Gasteiger partial charge >= 0.3 is 5.97 Å². The summed E-state index contributed by atoms with van der Waals surface area (Å²) >= 11 is 0. The molecular formula is C19H18FNO4. The molecule has 1 unspecified atom stereocenters. The van der Waals surface area contributed by atoms with E-state index in [9.17, 15) is 14.0 Å². The summed E-state index contributed by atoms with van der Waals surface area (Å²) in [5, 5.41) is 2.74. The summed E-state index contributed by atoms with van der Waals surface area (Å²) in [6.45, 7) is 3.80. The molecule has 0 saturated carbocycles. The minimum atomic E-state index is -1.43. The summed E-state index contributed by atoms with van der Waals surface area (Å²) in [6, 6.07) is 10.8. The molecule has 25 heavy (non-hydrogen) atoms. The van der Waals surface area contributed by atoms with Crippen molar-refractivity contribution in [1.29, 1.82) is 0 Å². The van der Waals surface area contributed by atoms with E-state index in [1.807, 2.05) is 6.92 Å². The zero-order valence-corrected chi connectivity index (χ0v) is 14.0. The van der Waals surface area contributed by atoms with Crippen molar-refractivity contribution in [1.82, 2.24) is 0 Å². The largest absolute Gasteiger partial charge is 0.492 e. The van der Waals surface area contributed by atoms with Gasteiger partial charge in [0.25, 0.3) is 5.91 Å². The Hall–Kier alpha value is -2.89. The van der Waals surface area contributed by atoms with Gasteiger partial charge in [0.05, 0.1) is 17.9 Å². The van der Waals surface area contributed by atoms with Crippen molar-refractivity contribution in [3.8, 4) is 5.75 Å². The van der Waals surface area contributed by atoms with E-state index in [0.29, 0.717) is 23.6 Å². The van der Waals surface area contributed by atoms with Crippen molar-refractivity contribution in [2.75, 3.05) is 11.9 Å². The second kappa shape index (κ2) is 6.55. The third-order valence-electron chi connectivity index (χ3n) is 4.05. The van der Waals surface area contributed by atoms with Crippen molar-refractivity contribution in [2.45, 2.75) is 25.9 Å². The van der Waals surface area contributed by atoms with Gasteiger partial charge in [0.15, 0.2) is 5.60 Å². The van der Waals surface area contributed by atoms with Crippen molar-refractivity contribution < 1.29 is 23.5 Å². The van der Waals surface area contributed by atoms with Crippen LogP contribution >= 0.6 is 0 Å². The van der Waals surface area contributed by atoms with E-state index in [4.69, 9.17) is 9.47 Å². The maximum Gasteiger partial charge on any atom is 0.339 e. The van der Waals surface area contributed by atoms with Gasteiger partial charge in [-0.3, -0.25) is 4.79 Å². The Bertz CT molecular complexity index is 836. The molecule has 0 saturated heterocycles. The molecule has 0 spiro atoms. The topological polar surface area (TPSA) is 64.6 Å². The van der Waals surface area contributed by atoms with Crippen LogP contribution in [0.25, 0.3) is 0 Å². The van der Waals surface area contributed by atoms with E-state index < -0.39 is 23.3 Å². The average Bonchev–Trinajstić information content (AvgIpc) is 2.56. The minimum Gasteiger partial charge on any atom is -0.492 e. The molecule has 0 aliphatic carbocycles. The Labute approximate surface area is 144 Å². The van der Waals surface area contributed by atoms with Gasteiger partial charge in [0, 0.05) is 6.42 Å². The van der Waals surface area contributed by atoms with Crippen LogP contribution in [-0.2, 0) is 16.0 Å². The molecule has 1 aliphatic rings. The van der Waals surface area contributed by atoms with Gasteiger partial charge in [-0.1, -0.05) is 12.1 Å². The van der Waals surface area contributed by atoms with E-state index in [-0.39, 0.29) is 12.0 Å². The van der Waals surface area contributed by atoms with Crippen LogP contribution in [0.1, 0.15) is 29.8 Å². The van der Waals surface area contributed by atoms with E-state index in [1.54, 1.807) is 24.3 Å². The number of cyclic esters (lactones) is 1. The van der Waals surface area contributed by atoms with Crippen LogP contribution in [0.2, 0.25) is 0 Å². The fraction of sp³-hybridized carbons (Fsp3) is 0.263. The SMILES string of the molecule is CCOc1ccccc1NC(=O)C1(C)Cc2cc(F)ccc2C(=O)O1. The normalized spacial score (nSPS) is 18.9. The minimum absolute atomic E-state index is 0.0917. The van der Waals surface area contributed by atoms with Gasteiger partial charge in [0.1, 0.15) is 11.6 Å². The third-order valence-corrected chi connectivity index (χ3v) is 4.05. The van der Waals surface area contributed by atoms with Gasteiger partial charge in [-0.2, -0.15) is 0 Å². The lowest BCUT2D eigenvalue weighted by Gasteiger charge is -2.33. The highest BCUT2D eigenvalue weighted by atomic mass is 19.1. The first-order chi connectivity index (χ1) is 11.9. The highest BCUT2D eigenvalue weighted by molar-refractivity contribution is 6.03. The van der Waals surface area contributed by atoms with E-state index in [2.05, 4.69) is 5.32 Å². The number of para-hydroxylation sites is 2. The Morgan fingerprint density at radius 1 is 1.32 bits per heavy atom. The Kier molecular flexibility index (Phi) is 4.44. The van der Waals surface area contributed by atoms with Gasteiger partial charge in [0.2, 0.25) is 0 Å². The van der Waals surface area contributed by atoms with Crippen LogP contribution in [-0.4, -0.2) is 24.1 Å². The smallest absolute Gasteiger partial charge is 0.339 e. The molecule has 2 aromatic rings. The lowest BCUT2D eigenvalue weighted by Crippen LogP contribution is -2.49. The Morgan fingerprint density at radius 2 is 2.08 bits per heavy atom. The molecule has 2 aromatic carbocycles. The van der Waals surface area contributed by atoms with Gasteiger partial charge in [-0.15, -0.1) is 0 Å². The van der Waals surface area contributed by atoms with Crippen LogP contribution in [0.3, 0.4) is 0 Å². The first-order valence-electron chi connectivity index (χ1n) is 7.98. The number of hydrogen-bond acceptors (Lipinski definition) is 4. The molecule has 0 radical (unpaired) electrons. The summed E-state index contributed by atoms with van der Waals surface area (Å²) in [6.07, 6.45) is 0.0917. The predicted octanol–water partition coefficient (Wildman–Crippen LogP) is 3.33. The number of halogens is 1. The van der Waals surface area contributed by atoms with E-state index in [0.717, 1.165) is 0 Å². The molecule has 1 N–H and O–H groups in total. The molecular weight excluding hydrogens is 325 g/mol. The van der Waals surface area contributed by atoms with Crippen molar-refractivity contribution in [2.24, 2.45) is 0 Å². The molecule has 6 heteroatoms. The summed E-state index contributed by atoms with van der Waals surface area (Å²) in [5.74, 6) is -1.08. The van der Waals surface area contributed by atoms with Crippen molar-refractivity contribution in [3.63, 3.8) is 0 Å². The zero-order chi connectivity index (χ0) is 18.0. The lowest BCUT2D eigenvalue weighted by molar-refractivity contribution is -0.134. The number of ether oxygens (including phenoxy) is 2. The third kappa shape index (κ3) is 3.33. The number of carbonyl (C=O) groups excluding carboxylic acids is 2. The van der Waals surface area contributed by atoms with Crippen LogP contribution in [0.15, 0.2) is 42.5 Å². The van der Waals surface area contributed by atoms with Crippen LogP contribution < -0.4 is 10.1 Å². The molecule has 3 rings (SSSR count). The summed E-state index contributed by atoms with van der Waals surface area (Å²) in [4.78, 5) is 24.9. The molecule has 5 nitrogen and oxygen atoms in total. The molecule has 1 aliphatic heterocycles. The van der Waals surface area contributed by atoms with Gasteiger partial charge < -0.3 is 14.8 Å². The first-order valence-corrected chi connectivity index (χ1v) is 7.98. The van der Waals surface area contributed by atoms with Crippen LogP contribution in [0.5, 0.6) is 5.75 Å². The quantitative estimate of drug-likeness (QED) is 0.865. The Morgan fingerprint density at radius 3 is 2.84 bits per heavy atom. The molecule has 0 bridgehead atoms. The molecule has 0 aromatic heterocycles. The van der Waals surface area contributed by atoms with Gasteiger partial charge in [-0.25, -0.2) is 9.18 Å². The standard InChI is InChI=1S/C19H18FNO4/c1-3-24-16-7-5-4-6-15(16)21-18(23)19(2)11-12-10-13(20)8-9-14(12)17(22)25-19/h4-10H,3,11H2,1-2H3,(H,21,23). The van der Waals surface area contributed by atoms with Gasteiger partial charge in [-0.05, 0) is 49.7 Å². The average molecular weight is 343 g/mol. The maximum absolute atomic E-state index is 13.5. The number of hydrogen-bond donors (Lipinski definition) is 1. The van der Waals surface area contributed by atoms with Crippen LogP contribution in [0.4, 0.5) is 10.1 Å². The highest BCUT2D eigenvalue weighted by Crippen LogP contribution is 2.31. The molecule has 1 amide bonds. The number of anilines is 1.